The van der Waals surface area contributed by atoms with Gasteiger partial charge in [0, 0.05) is 18.0 Å². The average molecular weight is 521 g/mol. The minimum atomic E-state index is -4.29. The maximum absolute atomic E-state index is 14.0. The van der Waals surface area contributed by atoms with Crippen molar-refractivity contribution >= 4 is 27.8 Å². The number of carbonyl (C=O) groups excluding carboxylic acids is 1. The first-order chi connectivity index (χ1) is 17.2. The van der Waals surface area contributed by atoms with Gasteiger partial charge in [-0.15, -0.1) is 0 Å². The van der Waals surface area contributed by atoms with Crippen LogP contribution in [-0.4, -0.2) is 63.4 Å². The Labute approximate surface area is 207 Å². The van der Waals surface area contributed by atoms with E-state index in [1.54, 1.807) is 6.07 Å². The normalized spacial score (nSPS) is 22.3. The molecule has 10 nitrogen and oxygen atoms in total. The lowest BCUT2D eigenvalue weighted by Gasteiger charge is -2.22. The molecule has 1 saturated carbocycles. The number of hydrogen-bond donors (Lipinski definition) is 2. The van der Waals surface area contributed by atoms with E-state index in [0.29, 0.717) is 31.2 Å². The first kappa shape index (κ1) is 24.3. The summed E-state index contributed by atoms with van der Waals surface area (Å²) < 4.78 is 59.7. The van der Waals surface area contributed by atoms with E-state index < -0.39 is 34.0 Å². The number of esters is 1. The van der Waals surface area contributed by atoms with Gasteiger partial charge in [-0.1, -0.05) is 6.07 Å². The fraction of sp³-hybridized carbons (Fsp3) is 0.417. The largest absolute Gasteiger partial charge is 0.492 e. The van der Waals surface area contributed by atoms with Gasteiger partial charge in [-0.05, 0) is 48.6 Å². The topological polar surface area (TPSA) is 131 Å². The molecule has 2 aromatic carbocycles. The maximum Gasteiger partial charge on any atom is 0.407 e. The molecule has 0 bridgehead atoms. The summed E-state index contributed by atoms with van der Waals surface area (Å²) in [5, 5.41) is 9.11. The first-order valence-electron chi connectivity index (χ1n) is 11.5. The van der Waals surface area contributed by atoms with Crippen molar-refractivity contribution in [2.45, 2.75) is 36.4 Å². The fourth-order valence-electron chi connectivity index (χ4n) is 4.81. The van der Waals surface area contributed by atoms with Crippen LogP contribution >= 0.6 is 0 Å². The molecule has 5 rings (SSSR count). The van der Waals surface area contributed by atoms with E-state index in [1.165, 1.54) is 18.1 Å². The molecule has 2 aliphatic heterocycles. The Kier molecular flexibility index (Phi) is 6.25. The summed E-state index contributed by atoms with van der Waals surface area (Å²) in [7, 11) is -3.09. The van der Waals surface area contributed by atoms with E-state index in [0.717, 1.165) is 30.2 Å². The number of ether oxygens (including phenoxy) is 3. The van der Waals surface area contributed by atoms with Crippen molar-refractivity contribution in [1.29, 1.82) is 0 Å². The molecule has 1 aliphatic carbocycles. The van der Waals surface area contributed by atoms with Crippen molar-refractivity contribution in [3.63, 3.8) is 0 Å². The molecule has 1 saturated heterocycles. The molecular formula is C24H25FN2O8S. The summed E-state index contributed by atoms with van der Waals surface area (Å²) >= 11 is 0. The number of carbonyl (C=O) groups is 2. The van der Waals surface area contributed by atoms with Gasteiger partial charge in [0.15, 0.2) is 0 Å². The van der Waals surface area contributed by atoms with E-state index in [9.17, 15) is 22.4 Å². The predicted octanol–water partition coefficient (Wildman–Crippen LogP) is 3.18. The molecule has 36 heavy (non-hydrogen) atoms. The third-order valence-electron chi connectivity index (χ3n) is 6.79. The van der Waals surface area contributed by atoms with Crippen molar-refractivity contribution in [2.24, 2.45) is 5.92 Å². The highest BCUT2D eigenvalue weighted by Gasteiger charge is 2.45. The van der Waals surface area contributed by atoms with Crippen LogP contribution in [0.4, 0.5) is 14.9 Å². The van der Waals surface area contributed by atoms with E-state index >= 15 is 0 Å². The second-order valence-corrected chi connectivity index (χ2v) is 10.8. The molecule has 0 spiro atoms. The summed E-state index contributed by atoms with van der Waals surface area (Å²) in [6.45, 7) is 0.642. The number of benzene rings is 2. The van der Waals surface area contributed by atoms with E-state index in [1.807, 2.05) is 0 Å². The SMILES string of the molecule is COC(=O)c1c(NS(=O)(=O)c2ccc(F)cc2CO[C@@H]2CCN(C(=O)O)C2)ccc2c1OCC1CC21. The summed E-state index contributed by atoms with van der Waals surface area (Å²) in [6.07, 6.45) is -0.112. The molecule has 1 amide bonds. The van der Waals surface area contributed by atoms with E-state index in [4.69, 9.17) is 19.3 Å². The standard InChI is InChI=1S/C24H25FN2O8S/c1-33-23(28)21-19(4-3-17-18-9-13(18)11-35-22(17)21)26-36(31,32)20-5-2-15(25)8-14(20)12-34-16-6-7-27(10-16)24(29)30/h2-5,8,13,16,18,26H,6-7,9-12H2,1H3,(H,29,30)/t13?,16-,18?/m1/s1. The Bertz CT molecular complexity index is 1330. The Morgan fingerprint density at radius 3 is 2.81 bits per heavy atom. The van der Waals surface area contributed by atoms with Gasteiger partial charge >= 0.3 is 12.1 Å². The van der Waals surface area contributed by atoms with Crippen LogP contribution in [0.5, 0.6) is 5.75 Å². The van der Waals surface area contributed by atoms with Crippen LogP contribution in [-0.2, 0) is 26.1 Å². The van der Waals surface area contributed by atoms with Crippen LogP contribution in [0, 0.1) is 11.7 Å². The second-order valence-electron chi connectivity index (χ2n) is 9.12. The molecule has 2 aromatic rings. The summed E-state index contributed by atoms with van der Waals surface area (Å²) in [4.78, 5) is 24.7. The number of nitrogens with one attached hydrogen (secondary N) is 1. The number of rotatable bonds is 7. The Hall–Kier alpha value is -3.38. The van der Waals surface area contributed by atoms with Gasteiger partial charge in [-0.2, -0.15) is 0 Å². The van der Waals surface area contributed by atoms with Crippen molar-refractivity contribution in [1.82, 2.24) is 4.90 Å². The molecule has 12 heteroatoms. The van der Waals surface area contributed by atoms with Crippen LogP contribution in [0.1, 0.15) is 40.2 Å². The third-order valence-corrected chi connectivity index (χ3v) is 8.25. The van der Waals surface area contributed by atoms with Crippen LogP contribution in [0.2, 0.25) is 0 Å². The lowest BCUT2D eigenvalue weighted by atomic mass is 10.0. The molecule has 2 unspecified atom stereocenters. The van der Waals surface area contributed by atoms with E-state index in [-0.39, 0.29) is 40.8 Å². The summed E-state index contributed by atoms with van der Waals surface area (Å²) in [5.74, 6) is -0.406. The van der Waals surface area contributed by atoms with Gasteiger partial charge in [-0.25, -0.2) is 22.4 Å². The average Bonchev–Trinajstić information content (AvgIpc) is 3.49. The van der Waals surface area contributed by atoms with Crippen molar-refractivity contribution < 1.29 is 41.7 Å². The molecular weight excluding hydrogens is 495 g/mol. The predicted molar refractivity (Wildman–Crippen MR) is 124 cm³/mol. The number of fused-ring (bicyclic) bond motifs is 3. The third kappa shape index (κ3) is 4.58. The molecule has 0 radical (unpaired) electrons. The van der Waals surface area contributed by atoms with Crippen LogP contribution in [0.15, 0.2) is 35.2 Å². The van der Waals surface area contributed by atoms with Crippen molar-refractivity contribution in [3.05, 3.63) is 52.8 Å². The number of carboxylic acid groups (broad SMARTS) is 1. The van der Waals surface area contributed by atoms with Crippen molar-refractivity contribution in [2.75, 3.05) is 31.5 Å². The van der Waals surface area contributed by atoms with Crippen LogP contribution in [0.3, 0.4) is 0 Å². The Morgan fingerprint density at radius 1 is 1.28 bits per heavy atom. The number of amides is 1. The second kappa shape index (κ2) is 9.25. The van der Waals surface area contributed by atoms with Gasteiger partial charge in [0.25, 0.3) is 10.0 Å². The van der Waals surface area contributed by atoms with Gasteiger partial charge < -0.3 is 24.2 Å². The summed E-state index contributed by atoms with van der Waals surface area (Å²) in [6, 6.07) is 6.45. The zero-order valence-corrected chi connectivity index (χ0v) is 20.2. The monoisotopic (exact) mass is 520 g/mol. The highest BCUT2D eigenvalue weighted by molar-refractivity contribution is 7.92. The lowest BCUT2D eigenvalue weighted by Crippen LogP contribution is -2.28. The molecule has 3 atom stereocenters. The minimum absolute atomic E-state index is 0.0104. The zero-order valence-electron chi connectivity index (χ0n) is 19.4. The Balaban J connectivity index is 1.42. The van der Waals surface area contributed by atoms with Gasteiger partial charge in [0.2, 0.25) is 0 Å². The molecule has 192 valence electrons. The number of likely N-dealkylation sites (tertiary alicyclic amines) is 1. The Morgan fingerprint density at radius 2 is 2.08 bits per heavy atom. The van der Waals surface area contributed by atoms with Gasteiger partial charge in [0.1, 0.15) is 17.1 Å². The summed E-state index contributed by atoms with van der Waals surface area (Å²) in [5.41, 5.74) is 0.885. The maximum atomic E-state index is 14.0. The number of hydrogen-bond acceptors (Lipinski definition) is 7. The number of nitrogens with zero attached hydrogens (tertiary/aromatic N) is 1. The van der Waals surface area contributed by atoms with Gasteiger partial charge in [0.05, 0.1) is 43.6 Å². The molecule has 0 aromatic heterocycles. The van der Waals surface area contributed by atoms with Gasteiger partial charge in [-0.3, -0.25) is 4.72 Å². The quantitative estimate of drug-likeness (QED) is 0.532. The number of methoxy groups -OCH3 is 1. The zero-order chi connectivity index (χ0) is 25.6. The van der Waals surface area contributed by atoms with Crippen LogP contribution in [0.25, 0.3) is 0 Å². The molecule has 2 fully saturated rings. The highest BCUT2D eigenvalue weighted by Crippen LogP contribution is 2.55. The molecule has 3 aliphatic rings. The molecule has 2 heterocycles. The van der Waals surface area contributed by atoms with Crippen LogP contribution < -0.4 is 9.46 Å². The smallest absolute Gasteiger partial charge is 0.407 e. The number of halogens is 1. The highest BCUT2D eigenvalue weighted by atomic mass is 32.2. The number of anilines is 1. The minimum Gasteiger partial charge on any atom is -0.492 e. The fourth-order valence-corrected chi connectivity index (χ4v) is 6.09. The first-order valence-corrected chi connectivity index (χ1v) is 12.9. The lowest BCUT2D eigenvalue weighted by molar-refractivity contribution is 0.0453. The van der Waals surface area contributed by atoms with E-state index in [2.05, 4.69) is 4.72 Å². The number of sulfonamides is 1. The molecule has 2 N–H and O–H groups in total. The van der Waals surface area contributed by atoms with Crippen molar-refractivity contribution in [3.8, 4) is 5.75 Å².